The minimum absolute atomic E-state index is 0.304. The first-order valence-electron chi connectivity index (χ1n) is 6.70. The Morgan fingerprint density at radius 1 is 1.38 bits per heavy atom. The molecule has 1 aromatic rings. The Morgan fingerprint density at radius 3 is 2.62 bits per heavy atom. The summed E-state index contributed by atoms with van der Waals surface area (Å²) in [5, 5.41) is 18.0. The molecule has 0 aliphatic carbocycles. The van der Waals surface area contributed by atoms with Crippen LogP contribution in [0.1, 0.15) is 30.9 Å². The van der Waals surface area contributed by atoms with Gasteiger partial charge in [0.15, 0.2) is 0 Å². The number of hydrogen-bond acceptors (Lipinski definition) is 3. The summed E-state index contributed by atoms with van der Waals surface area (Å²) >= 11 is 0. The smallest absolute Gasteiger partial charge is 0.329 e. The molecule has 1 aromatic carbocycles. The highest BCUT2D eigenvalue weighted by Gasteiger charge is 2.45. The van der Waals surface area contributed by atoms with Crippen LogP contribution in [0, 0.1) is 11.3 Å². The van der Waals surface area contributed by atoms with Gasteiger partial charge in [-0.25, -0.2) is 4.79 Å². The summed E-state index contributed by atoms with van der Waals surface area (Å²) in [5.41, 5.74) is 0.224. The molecule has 0 aromatic heterocycles. The zero-order valence-corrected chi connectivity index (χ0v) is 11.7. The maximum absolute atomic E-state index is 12.2. The zero-order valence-electron chi connectivity index (χ0n) is 11.7. The molecule has 21 heavy (non-hydrogen) atoms. The molecule has 1 aliphatic heterocycles. The molecule has 0 spiro atoms. The van der Waals surface area contributed by atoms with Gasteiger partial charge in [-0.3, -0.25) is 4.79 Å². The van der Waals surface area contributed by atoms with Crippen molar-refractivity contribution in [1.29, 1.82) is 5.26 Å². The van der Waals surface area contributed by atoms with Gasteiger partial charge in [-0.05, 0) is 43.5 Å². The topological polar surface area (TPSA) is 81.4 Å². The van der Waals surface area contributed by atoms with E-state index in [4.69, 9.17) is 5.26 Å². The van der Waals surface area contributed by atoms with E-state index in [1.807, 2.05) is 6.07 Å². The molecule has 1 N–H and O–H groups in total. The fourth-order valence-electron chi connectivity index (χ4n) is 2.47. The van der Waals surface area contributed by atoms with Gasteiger partial charge in [0, 0.05) is 12.6 Å². The number of rotatable bonds is 3. The Kier molecular flexibility index (Phi) is 4.08. The lowest BCUT2D eigenvalue weighted by Crippen LogP contribution is -2.50. The van der Waals surface area contributed by atoms with E-state index in [0.717, 1.165) is 5.56 Å². The second-order valence-corrected chi connectivity index (χ2v) is 5.24. The average molecular weight is 284 g/mol. The number of nitriles is 1. The normalized spacial score (nSPS) is 21.4. The summed E-state index contributed by atoms with van der Waals surface area (Å²) < 4.78 is 0. The van der Waals surface area contributed by atoms with Gasteiger partial charge in [-0.1, -0.05) is 12.1 Å². The van der Waals surface area contributed by atoms with Gasteiger partial charge in [0.2, 0.25) is 5.91 Å². The summed E-state index contributed by atoms with van der Waals surface area (Å²) in [6.45, 7) is 2.04. The molecule has 0 bridgehead atoms. The molecule has 1 heterocycles. The predicted octanol–water partition coefficient (Wildman–Crippen LogP) is 2.04. The number of carbonyl (C=O) groups excluding carboxylic acids is 1. The van der Waals surface area contributed by atoms with Gasteiger partial charge in [-0.15, -0.1) is 0 Å². The highest BCUT2D eigenvalue weighted by molar-refractivity contribution is 5.96. The minimum atomic E-state index is -1.12. The van der Waals surface area contributed by atoms with Crippen molar-refractivity contribution in [3.63, 3.8) is 0 Å². The van der Waals surface area contributed by atoms with Gasteiger partial charge >= 0.3 is 5.97 Å². The van der Waals surface area contributed by atoms with Gasteiger partial charge in [0.25, 0.3) is 0 Å². The summed E-state index contributed by atoms with van der Waals surface area (Å²) in [6.07, 6.45) is 4.18. The third kappa shape index (κ3) is 2.95. The number of aliphatic carboxylic acids is 1. The molecular formula is C16H16N2O3. The van der Waals surface area contributed by atoms with Crippen LogP contribution < -0.4 is 0 Å². The van der Waals surface area contributed by atoms with E-state index in [9.17, 15) is 14.7 Å². The summed E-state index contributed by atoms with van der Waals surface area (Å²) in [6, 6.07) is 8.84. The van der Waals surface area contributed by atoms with Crippen LogP contribution in [0.3, 0.4) is 0 Å². The third-order valence-corrected chi connectivity index (χ3v) is 3.83. The number of benzene rings is 1. The Hall–Kier alpha value is -2.61. The van der Waals surface area contributed by atoms with E-state index in [-0.39, 0.29) is 5.91 Å². The van der Waals surface area contributed by atoms with Crippen LogP contribution in [-0.4, -0.2) is 34.0 Å². The van der Waals surface area contributed by atoms with Crippen LogP contribution in [0.25, 0.3) is 6.08 Å². The lowest BCUT2D eigenvalue weighted by molar-refractivity contribution is -0.153. The molecule has 1 saturated heterocycles. The molecule has 2 rings (SSSR count). The Bertz CT molecular complexity index is 628. The Labute approximate surface area is 123 Å². The highest BCUT2D eigenvalue weighted by atomic mass is 16.4. The van der Waals surface area contributed by atoms with Crippen molar-refractivity contribution in [3.8, 4) is 6.07 Å². The van der Waals surface area contributed by atoms with E-state index in [2.05, 4.69) is 0 Å². The molecule has 1 unspecified atom stereocenters. The van der Waals surface area contributed by atoms with Crippen LogP contribution in [0.4, 0.5) is 0 Å². The lowest BCUT2D eigenvalue weighted by atomic mass is 9.99. The minimum Gasteiger partial charge on any atom is -0.480 e. The summed E-state index contributed by atoms with van der Waals surface area (Å²) in [5.74, 6) is -1.28. The molecule has 1 aliphatic rings. The predicted molar refractivity (Wildman–Crippen MR) is 77.2 cm³/mol. The van der Waals surface area contributed by atoms with Crippen LogP contribution in [-0.2, 0) is 9.59 Å². The average Bonchev–Trinajstić information content (AvgIpc) is 2.89. The van der Waals surface area contributed by atoms with E-state index in [1.54, 1.807) is 37.3 Å². The van der Waals surface area contributed by atoms with Gasteiger partial charge < -0.3 is 10.0 Å². The fourth-order valence-corrected chi connectivity index (χ4v) is 2.47. The van der Waals surface area contributed by atoms with Crippen LogP contribution in [0.2, 0.25) is 0 Å². The van der Waals surface area contributed by atoms with Crippen molar-refractivity contribution in [2.45, 2.75) is 25.3 Å². The number of nitrogens with zero attached hydrogens (tertiary/aromatic N) is 2. The second-order valence-electron chi connectivity index (χ2n) is 5.24. The van der Waals surface area contributed by atoms with E-state index < -0.39 is 11.5 Å². The molecule has 5 heteroatoms. The highest BCUT2D eigenvalue weighted by Crippen LogP contribution is 2.29. The van der Waals surface area contributed by atoms with E-state index in [0.29, 0.717) is 24.9 Å². The number of amides is 1. The van der Waals surface area contributed by atoms with Crippen molar-refractivity contribution >= 4 is 18.0 Å². The molecule has 108 valence electrons. The first-order valence-corrected chi connectivity index (χ1v) is 6.70. The number of carboxylic acids is 1. The third-order valence-electron chi connectivity index (χ3n) is 3.83. The quantitative estimate of drug-likeness (QED) is 0.861. The largest absolute Gasteiger partial charge is 0.480 e. The monoisotopic (exact) mass is 284 g/mol. The van der Waals surface area contributed by atoms with Crippen molar-refractivity contribution < 1.29 is 14.7 Å². The number of hydrogen-bond donors (Lipinski definition) is 1. The SMILES string of the molecule is CC1(C(=O)O)CCCN1C(=O)C=Cc1ccc(C#N)cc1. The van der Waals surface area contributed by atoms with Crippen LogP contribution in [0.5, 0.6) is 0 Å². The maximum Gasteiger partial charge on any atom is 0.329 e. The van der Waals surface area contributed by atoms with Gasteiger partial charge in [0.05, 0.1) is 11.6 Å². The van der Waals surface area contributed by atoms with Crippen LogP contribution >= 0.6 is 0 Å². The fraction of sp³-hybridized carbons (Fsp3) is 0.312. The van der Waals surface area contributed by atoms with Crippen molar-refractivity contribution in [2.24, 2.45) is 0 Å². The maximum atomic E-state index is 12.2. The number of likely N-dealkylation sites (tertiary alicyclic amines) is 1. The first kappa shape index (κ1) is 14.8. The Balaban J connectivity index is 2.12. The van der Waals surface area contributed by atoms with Crippen molar-refractivity contribution in [3.05, 3.63) is 41.5 Å². The molecular weight excluding hydrogens is 268 g/mol. The molecule has 1 amide bonds. The molecule has 0 radical (unpaired) electrons. The number of carbonyl (C=O) groups is 2. The van der Waals surface area contributed by atoms with Gasteiger partial charge in [-0.2, -0.15) is 5.26 Å². The molecule has 1 atom stereocenters. The zero-order chi connectivity index (χ0) is 15.5. The first-order chi connectivity index (χ1) is 9.97. The Morgan fingerprint density at radius 2 is 2.05 bits per heavy atom. The molecule has 1 fully saturated rings. The second kappa shape index (κ2) is 5.80. The molecule has 5 nitrogen and oxygen atoms in total. The molecule has 0 saturated carbocycles. The van der Waals surface area contributed by atoms with Gasteiger partial charge in [0.1, 0.15) is 5.54 Å². The van der Waals surface area contributed by atoms with Crippen LogP contribution in [0.15, 0.2) is 30.3 Å². The van der Waals surface area contributed by atoms with E-state index >= 15 is 0 Å². The summed E-state index contributed by atoms with van der Waals surface area (Å²) in [7, 11) is 0. The summed E-state index contributed by atoms with van der Waals surface area (Å²) in [4.78, 5) is 24.9. The van der Waals surface area contributed by atoms with Crippen molar-refractivity contribution in [1.82, 2.24) is 4.90 Å². The van der Waals surface area contributed by atoms with E-state index in [1.165, 1.54) is 11.0 Å². The van der Waals surface area contributed by atoms with Crippen molar-refractivity contribution in [2.75, 3.05) is 6.54 Å². The standard InChI is InChI=1S/C16H16N2O3/c1-16(15(20)21)9-2-10-18(16)14(19)8-7-12-3-5-13(11-17)6-4-12/h3-8H,2,9-10H2,1H3,(H,20,21). The lowest BCUT2D eigenvalue weighted by Gasteiger charge is -2.30. The number of carboxylic acid groups (broad SMARTS) is 1.